The highest BCUT2D eigenvalue weighted by atomic mass is 32.2. The minimum atomic E-state index is 0.143. The molecule has 5 nitrogen and oxygen atoms in total. The number of thioether (sulfide) groups is 1. The van der Waals surface area contributed by atoms with Gasteiger partial charge in [0.2, 0.25) is 0 Å². The second-order valence-electron chi connectivity index (χ2n) is 7.91. The van der Waals surface area contributed by atoms with Crippen molar-refractivity contribution in [1.82, 2.24) is 19.7 Å². The van der Waals surface area contributed by atoms with Gasteiger partial charge in [0, 0.05) is 12.4 Å². The average Bonchev–Trinajstić information content (AvgIpc) is 2.82. The average molecular weight is 344 g/mol. The lowest BCUT2D eigenvalue weighted by molar-refractivity contribution is 0.228. The molecule has 2 aromatic rings. The van der Waals surface area contributed by atoms with Crippen LogP contribution in [0.4, 0.5) is 5.82 Å². The predicted molar refractivity (Wildman–Crippen MR) is 100 cm³/mol. The Kier molecular flexibility index (Phi) is 4.20. The van der Waals surface area contributed by atoms with Gasteiger partial charge in [0.15, 0.2) is 0 Å². The van der Waals surface area contributed by atoms with E-state index in [0.717, 1.165) is 23.4 Å². The number of nitrogen functional groups attached to an aromatic ring is 1. The van der Waals surface area contributed by atoms with Crippen LogP contribution in [0, 0.1) is 10.8 Å². The summed E-state index contributed by atoms with van der Waals surface area (Å²) in [6.45, 7) is 9.21. The second-order valence-corrected chi connectivity index (χ2v) is 8.70. The van der Waals surface area contributed by atoms with Gasteiger partial charge in [-0.1, -0.05) is 33.8 Å². The summed E-state index contributed by atoms with van der Waals surface area (Å²) in [5.74, 6) is 1.12. The Bertz CT molecular complexity index is 774. The zero-order chi connectivity index (χ0) is 17.5. The van der Waals surface area contributed by atoms with Crippen LogP contribution in [-0.4, -0.2) is 26.0 Å². The number of anilines is 1. The number of hydrogen-bond acceptors (Lipinski definition) is 5. The third kappa shape index (κ3) is 3.20. The SMILES string of the molecule is CSc1nn(-c2ncccn2)c(N)c1C1=CC(C)(C)CC(C)(C)C1. The van der Waals surface area contributed by atoms with E-state index in [4.69, 9.17) is 5.73 Å². The lowest BCUT2D eigenvalue weighted by Gasteiger charge is -2.39. The molecule has 0 spiro atoms. The zero-order valence-electron chi connectivity index (χ0n) is 15.0. The Morgan fingerprint density at radius 3 is 2.42 bits per heavy atom. The largest absolute Gasteiger partial charge is 0.383 e. The summed E-state index contributed by atoms with van der Waals surface area (Å²) in [5.41, 5.74) is 9.18. The Labute approximate surface area is 147 Å². The summed E-state index contributed by atoms with van der Waals surface area (Å²) in [7, 11) is 0. The van der Waals surface area contributed by atoms with E-state index in [0.29, 0.717) is 11.8 Å². The normalized spacial score (nSPS) is 19.1. The van der Waals surface area contributed by atoms with Crippen molar-refractivity contribution < 1.29 is 0 Å². The van der Waals surface area contributed by atoms with Crippen molar-refractivity contribution in [3.63, 3.8) is 0 Å². The third-order valence-corrected chi connectivity index (χ3v) is 4.99. The molecule has 0 fully saturated rings. The maximum Gasteiger partial charge on any atom is 0.252 e. The number of nitrogens with zero attached hydrogens (tertiary/aromatic N) is 4. The first-order chi connectivity index (χ1) is 11.2. The highest BCUT2D eigenvalue weighted by Gasteiger charge is 2.35. The molecule has 0 aliphatic heterocycles. The van der Waals surface area contributed by atoms with Gasteiger partial charge in [-0.15, -0.1) is 11.8 Å². The van der Waals surface area contributed by atoms with Crippen LogP contribution in [0.2, 0.25) is 0 Å². The van der Waals surface area contributed by atoms with Gasteiger partial charge >= 0.3 is 0 Å². The molecule has 0 saturated heterocycles. The molecule has 2 heterocycles. The lowest BCUT2D eigenvalue weighted by Crippen LogP contribution is -2.27. The fourth-order valence-electron chi connectivity index (χ4n) is 3.95. The van der Waals surface area contributed by atoms with Crippen molar-refractivity contribution in [3.8, 4) is 5.95 Å². The first-order valence-electron chi connectivity index (χ1n) is 8.14. The molecule has 1 aliphatic carbocycles. The zero-order valence-corrected chi connectivity index (χ0v) is 15.8. The van der Waals surface area contributed by atoms with E-state index in [9.17, 15) is 0 Å². The Hall–Kier alpha value is -1.82. The van der Waals surface area contributed by atoms with E-state index in [1.165, 1.54) is 5.57 Å². The van der Waals surface area contributed by atoms with E-state index in [1.807, 2.05) is 6.26 Å². The number of nitrogens with two attached hydrogens (primary N) is 1. The molecule has 0 radical (unpaired) electrons. The molecule has 0 atom stereocenters. The highest BCUT2D eigenvalue weighted by molar-refractivity contribution is 7.98. The first kappa shape index (κ1) is 17.0. The van der Waals surface area contributed by atoms with Crippen LogP contribution in [0.15, 0.2) is 29.6 Å². The van der Waals surface area contributed by atoms with Gasteiger partial charge in [-0.2, -0.15) is 9.78 Å². The molecule has 0 amide bonds. The van der Waals surface area contributed by atoms with E-state index in [1.54, 1.807) is 34.9 Å². The van der Waals surface area contributed by atoms with Gasteiger partial charge in [-0.05, 0) is 41.6 Å². The molecule has 2 N–H and O–H groups in total. The summed E-state index contributed by atoms with van der Waals surface area (Å²) in [5, 5.41) is 5.59. The first-order valence-corrected chi connectivity index (χ1v) is 9.37. The van der Waals surface area contributed by atoms with Crippen molar-refractivity contribution in [3.05, 3.63) is 30.1 Å². The topological polar surface area (TPSA) is 69.6 Å². The summed E-state index contributed by atoms with van der Waals surface area (Å²) >= 11 is 1.61. The lowest BCUT2D eigenvalue weighted by atomic mass is 9.66. The van der Waals surface area contributed by atoms with Crippen LogP contribution in [-0.2, 0) is 0 Å². The summed E-state index contributed by atoms with van der Waals surface area (Å²) in [4.78, 5) is 8.56. The van der Waals surface area contributed by atoms with Crippen LogP contribution in [0.3, 0.4) is 0 Å². The van der Waals surface area contributed by atoms with Gasteiger partial charge in [0.25, 0.3) is 5.95 Å². The number of aromatic nitrogens is 4. The molecule has 3 rings (SSSR count). The summed E-state index contributed by atoms with van der Waals surface area (Å²) in [6.07, 6.45) is 9.95. The highest BCUT2D eigenvalue weighted by Crippen LogP contribution is 2.49. The Balaban J connectivity index is 2.15. The van der Waals surface area contributed by atoms with Crippen molar-refractivity contribution in [2.75, 3.05) is 12.0 Å². The number of hydrogen-bond donors (Lipinski definition) is 1. The van der Waals surface area contributed by atoms with Crippen LogP contribution in [0.1, 0.15) is 46.1 Å². The number of rotatable bonds is 3. The van der Waals surface area contributed by atoms with Gasteiger partial charge < -0.3 is 5.73 Å². The monoisotopic (exact) mass is 343 g/mol. The van der Waals surface area contributed by atoms with Crippen LogP contribution < -0.4 is 5.73 Å². The summed E-state index contributed by atoms with van der Waals surface area (Å²) < 4.78 is 1.65. The van der Waals surface area contributed by atoms with E-state index < -0.39 is 0 Å². The van der Waals surface area contributed by atoms with Crippen LogP contribution in [0.5, 0.6) is 0 Å². The molecular weight excluding hydrogens is 318 g/mol. The summed E-state index contributed by atoms with van der Waals surface area (Å²) in [6, 6.07) is 1.79. The molecular formula is C18H25N5S. The van der Waals surface area contributed by atoms with E-state index in [2.05, 4.69) is 48.8 Å². The minimum Gasteiger partial charge on any atom is -0.383 e. The Morgan fingerprint density at radius 2 is 1.83 bits per heavy atom. The van der Waals surface area contributed by atoms with Crippen LogP contribution >= 0.6 is 11.8 Å². The fourth-order valence-corrected chi connectivity index (χ4v) is 4.56. The molecule has 0 saturated carbocycles. The molecule has 1 aliphatic rings. The molecule has 128 valence electrons. The molecule has 0 bridgehead atoms. The fraction of sp³-hybridized carbons (Fsp3) is 0.500. The standard InChI is InChI=1S/C18H25N5S/c1-17(2)9-12(10-18(3,4)11-17)13-14(19)23(22-15(13)24-5)16-20-7-6-8-21-16/h6-9H,10-11,19H2,1-5H3. The molecule has 24 heavy (non-hydrogen) atoms. The second kappa shape index (κ2) is 5.92. The van der Waals surface area contributed by atoms with Crippen molar-refractivity contribution in [1.29, 1.82) is 0 Å². The molecule has 0 aromatic carbocycles. The van der Waals surface area contributed by atoms with E-state index >= 15 is 0 Å². The Morgan fingerprint density at radius 1 is 1.17 bits per heavy atom. The quantitative estimate of drug-likeness (QED) is 0.846. The predicted octanol–water partition coefficient (Wildman–Crippen LogP) is 4.20. The maximum atomic E-state index is 6.49. The van der Waals surface area contributed by atoms with E-state index in [-0.39, 0.29) is 10.8 Å². The van der Waals surface area contributed by atoms with Crippen molar-refractivity contribution in [2.24, 2.45) is 10.8 Å². The van der Waals surface area contributed by atoms with Gasteiger partial charge in [0.1, 0.15) is 10.8 Å². The van der Waals surface area contributed by atoms with Crippen LogP contribution in [0.25, 0.3) is 11.5 Å². The smallest absolute Gasteiger partial charge is 0.252 e. The van der Waals surface area contributed by atoms with Crippen molar-refractivity contribution in [2.45, 2.75) is 45.6 Å². The van der Waals surface area contributed by atoms with Gasteiger partial charge in [0.05, 0.1) is 5.56 Å². The van der Waals surface area contributed by atoms with Crippen molar-refractivity contribution >= 4 is 23.2 Å². The minimum absolute atomic E-state index is 0.143. The molecule has 0 unspecified atom stereocenters. The van der Waals surface area contributed by atoms with Gasteiger partial charge in [-0.3, -0.25) is 0 Å². The van der Waals surface area contributed by atoms with Gasteiger partial charge in [-0.25, -0.2) is 9.97 Å². The molecule has 6 heteroatoms. The maximum absolute atomic E-state index is 6.49. The number of allylic oxidation sites excluding steroid dienone is 2. The molecule has 2 aromatic heterocycles. The third-order valence-electron chi connectivity index (χ3n) is 4.31.